The summed E-state index contributed by atoms with van der Waals surface area (Å²) in [4.78, 5) is 14.7. The molecule has 61 heavy (non-hydrogen) atoms. The van der Waals surface area contributed by atoms with Crippen LogP contribution in [0.4, 0.5) is 4.39 Å². The third-order valence-corrected chi connectivity index (χ3v) is 9.95. The van der Waals surface area contributed by atoms with E-state index in [1.165, 1.54) is 18.2 Å². The van der Waals surface area contributed by atoms with Gasteiger partial charge in [0.25, 0.3) is 11.0 Å². The molecule has 19 nitrogen and oxygen atoms in total. The zero-order chi connectivity index (χ0) is 43.1. The van der Waals surface area contributed by atoms with E-state index in [4.69, 9.17) is 18.9 Å². The van der Waals surface area contributed by atoms with Crippen molar-refractivity contribution in [2.75, 3.05) is 78.9 Å². The van der Waals surface area contributed by atoms with Crippen LogP contribution in [0.25, 0.3) is 33.1 Å². The summed E-state index contributed by atoms with van der Waals surface area (Å²) in [5.74, 6) is 2.07. The molecular weight excluding hydrogens is 794 g/mol. The lowest BCUT2D eigenvalue weighted by Gasteiger charge is -2.26. The van der Waals surface area contributed by atoms with Crippen molar-refractivity contribution in [2.45, 2.75) is 52.9 Å². The van der Waals surface area contributed by atoms with Crippen LogP contribution in [0.3, 0.4) is 0 Å². The van der Waals surface area contributed by atoms with Crippen molar-refractivity contribution < 1.29 is 42.6 Å². The average Bonchev–Trinajstić information content (AvgIpc) is 3.28. The third-order valence-electron chi connectivity index (χ3n) is 9.95. The Balaban J connectivity index is 0.000000158. The van der Waals surface area contributed by atoms with E-state index >= 15 is 0 Å². The fraction of sp³-hybridized carbons (Fsp3) is 0.488. The predicted molar refractivity (Wildman–Crippen MR) is 219 cm³/mol. The average molecular weight is 846 g/mol. The normalized spacial score (nSPS) is 14.6. The molecule has 326 valence electrons. The van der Waals surface area contributed by atoms with Crippen molar-refractivity contribution in [2.24, 2.45) is 0 Å². The van der Waals surface area contributed by atoms with Gasteiger partial charge in [-0.2, -0.15) is 0 Å². The van der Waals surface area contributed by atoms with Gasteiger partial charge in [-0.05, 0) is 40.7 Å². The minimum Gasteiger partial charge on any atom is -0.710 e. The molecule has 0 bridgehead atoms. The van der Waals surface area contributed by atoms with Crippen LogP contribution in [0, 0.1) is 26.6 Å². The Labute approximate surface area is 352 Å². The Bertz CT molecular complexity index is 2370. The van der Waals surface area contributed by atoms with Crippen molar-refractivity contribution in [1.29, 1.82) is 0 Å². The van der Waals surface area contributed by atoms with Crippen molar-refractivity contribution in [1.82, 2.24) is 35.1 Å². The number of fused-ring (bicyclic) bond motifs is 3. The highest BCUT2D eigenvalue weighted by atomic mass is 19.1. The number of aromatic nitrogens is 9. The Morgan fingerprint density at radius 1 is 0.590 bits per heavy atom. The molecule has 2 aliphatic rings. The molecule has 8 rings (SSSR count). The molecule has 2 aliphatic heterocycles. The van der Waals surface area contributed by atoms with Gasteiger partial charge >= 0.3 is 11.3 Å². The molecule has 0 N–H and O–H groups in total. The summed E-state index contributed by atoms with van der Waals surface area (Å²) >= 11 is 0. The molecule has 0 unspecified atom stereocenters. The van der Waals surface area contributed by atoms with Gasteiger partial charge in [0.05, 0.1) is 50.9 Å². The zero-order valence-corrected chi connectivity index (χ0v) is 34.8. The van der Waals surface area contributed by atoms with E-state index in [9.17, 15) is 25.2 Å². The van der Waals surface area contributed by atoms with Gasteiger partial charge in [-0.15, -0.1) is 0 Å². The summed E-state index contributed by atoms with van der Waals surface area (Å²) in [6.45, 7) is 15.9. The summed E-state index contributed by atoms with van der Waals surface area (Å²) in [6, 6.07) is 14.0. The number of hydrogen-bond donors (Lipinski definition) is 0. The second-order valence-corrected chi connectivity index (χ2v) is 14.2. The number of ether oxygens (including phenoxy) is 4. The maximum atomic E-state index is 12.8. The summed E-state index contributed by atoms with van der Waals surface area (Å²) in [5, 5.41) is 58.5. The highest BCUT2D eigenvalue weighted by Crippen LogP contribution is 2.18. The molecule has 0 atom stereocenters. The van der Waals surface area contributed by atoms with Crippen LogP contribution < -0.4 is 28.7 Å². The molecule has 2 fully saturated rings. The Kier molecular flexibility index (Phi) is 16.1. The summed E-state index contributed by atoms with van der Waals surface area (Å²) in [6.07, 6.45) is 3.43. The topological polar surface area (TPSA) is 216 Å². The molecule has 0 aliphatic carbocycles. The van der Waals surface area contributed by atoms with Crippen LogP contribution in [-0.2, 0) is 28.7 Å². The molecule has 2 saturated heterocycles. The summed E-state index contributed by atoms with van der Waals surface area (Å²) in [5.41, 5.74) is 2.22. The highest BCUT2D eigenvalue weighted by Gasteiger charge is 2.21. The van der Waals surface area contributed by atoms with Crippen molar-refractivity contribution in [3.63, 3.8) is 0 Å². The Morgan fingerprint density at radius 2 is 1.07 bits per heavy atom. The van der Waals surface area contributed by atoms with Gasteiger partial charge in [-0.3, -0.25) is 9.80 Å². The number of rotatable bonds is 13. The van der Waals surface area contributed by atoms with E-state index in [1.807, 2.05) is 13.8 Å². The first-order valence-corrected chi connectivity index (χ1v) is 20.6. The van der Waals surface area contributed by atoms with Crippen molar-refractivity contribution in [3.05, 3.63) is 98.7 Å². The minimum absolute atomic E-state index is 0.196. The molecule has 6 aromatic rings. The monoisotopic (exact) mass is 845 g/mol. The quantitative estimate of drug-likeness (QED) is 0.0924. The SMILES string of the molecule is CCc1n[n+]([O-])c2ccc(OCCCN3CCOCC3)cc2[n+]1[O-].CCc1nc2cc(F)ccc2[n+]([O-])n1.CCc1nc2cc(OCCCN3CCOCC3)ccc2[n+]([O-])n1. The summed E-state index contributed by atoms with van der Waals surface area (Å²) < 4.78 is 35.7. The first-order chi connectivity index (χ1) is 29.6. The lowest BCUT2D eigenvalue weighted by molar-refractivity contribution is -0.685. The van der Waals surface area contributed by atoms with E-state index in [0.29, 0.717) is 85.7 Å². The maximum Gasteiger partial charge on any atom is 0.376 e. The Hall–Kier alpha value is -5.96. The van der Waals surface area contributed by atoms with E-state index in [1.54, 1.807) is 43.3 Å². The van der Waals surface area contributed by atoms with Crippen LogP contribution in [-0.4, -0.2) is 114 Å². The number of benzene rings is 3. The number of aryl methyl sites for hydroxylation is 3. The molecule has 0 saturated carbocycles. The number of morpholine rings is 2. The van der Waals surface area contributed by atoms with Gasteiger partial charge in [0.2, 0.25) is 10.6 Å². The van der Waals surface area contributed by atoms with E-state index in [0.717, 1.165) is 84.3 Å². The number of hydrogen-bond acceptors (Lipinski definition) is 15. The van der Waals surface area contributed by atoms with Gasteiger partial charge in [-0.25, -0.2) is 19.1 Å². The van der Waals surface area contributed by atoms with Crippen LogP contribution in [0.2, 0.25) is 0 Å². The lowest BCUT2D eigenvalue weighted by atomic mass is 10.3. The van der Waals surface area contributed by atoms with Crippen molar-refractivity contribution in [3.8, 4) is 11.5 Å². The second-order valence-electron chi connectivity index (χ2n) is 14.2. The fourth-order valence-corrected chi connectivity index (χ4v) is 6.61. The van der Waals surface area contributed by atoms with Crippen molar-refractivity contribution >= 4 is 33.1 Å². The highest BCUT2D eigenvalue weighted by molar-refractivity contribution is 5.73. The summed E-state index contributed by atoms with van der Waals surface area (Å²) in [7, 11) is 0. The number of halogens is 1. The molecule has 20 heteroatoms. The Morgan fingerprint density at radius 3 is 1.59 bits per heavy atom. The van der Waals surface area contributed by atoms with Gasteiger partial charge in [0, 0.05) is 98.7 Å². The third kappa shape index (κ3) is 12.3. The molecule has 5 heterocycles. The van der Waals surface area contributed by atoms with Crippen LogP contribution in [0.5, 0.6) is 11.5 Å². The van der Waals surface area contributed by atoms with E-state index in [2.05, 4.69) is 35.1 Å². The predicted octanol–water partition coefficient (Wildman–Crippen LogP) is 2.06. The fourth-order valence-electron chi connectivity index (χ4n) is 6.61. The smallest absolute Gasteiger partial charge is 0.376 e. The van der Waals surface area contributed by atoms with E-state index in [-0.39, 0.29) is 22.4 Å². The van der Waals surface area contributed by atoms with E-state index < -0.39 is 5.82 Å². The first kappa shape index (κ1) is 44.6. The first-order valence-electron chi connectivity index (χ1n) is 20.6. The molecule has 0 radical (unpaired) electrons. The second kappa shape index (κ2) is 22.0. The maximum absolute atomic E-state index is 12.8. The molecule has 0 spiro atoms. The van der Waals surface area contributed by atoms with Gasteiger partial charge < -0.3 is 39.8 Å². The largest absolute Gasteiger partial charge is 0.710 e. The molecular formula is C41H52FN11O8. The van der Waals surface area contributed by atoms with Gasteiger partial charge in [0.1, 0.15) is 28.3 Å². The van der Waals surface area contributed by atoms with Gasteiger partial charge in [-0.1, -0.05) is 20.8 Å². The zero-order valence-electron chi connectivity index (χ0n) is 34.8. The number of nitrogens with zero attached hydrogens (tertiary/aromatic N) is 11. The molecule has 3 aromatic carbocycles. The van der Waals surface area contributed by atoms with Crippen LogP contribution in [0.15, 0.2) is 54.6 Å². The minimum atomic E-state index is -0.404. The standard InChI is InChI=1S/C16H22N4O4.C16H22N4O3.C9H8FN3O/c1-2-16-17-20(22)14-5-4-13(12-15(14)19(16)21)24-9-3-6-18-7-10-23-11-8-18;1-2-16-17-14-12-13(4-5-15(14)20(21)18-16)23-9-3-6-19-7-10-22-11-8-19;1-2-9-11-7-5-6(10)3-4-8(7)13(14)12-9/h4-5,12H,2-3,6-11H2,1H3;4-5,12H,2-3,6-11H2,1H3;3-5H,2H2,1H3. The van der Waals surface area contributed by atoms with Crippen LogP contribution in [0.1, 0.15) is 51.1 Å². The lowest BCUT2D eigenvalue weighted by Crippen LogP contribution is -2.45. The van der Waals surface area contributed by atoms with Crippen LogP contribution >= 0.6 is 0 Å². The van der Waals surface area contributed by atoms with Gasteiger partial charge in [0.15, 0.2) is 11.6 Å². The molecule has 0 amide bonds. The molecule has 3 aromatic heterocycles.